The van der Waals surface area contributed by atoms with Gasteiger partial charge in [-0.1, -0.05) is 12.1 Å². The third-order valence-corrected chi connectivity index (χ3v) is 3.60. The van der Waals surface area contributed by atoms with Crippen LogP contribution in [-0.2, 0) is 4.74 Å². The molecule has 3 heterocycles. The standard InChI is InChI=1S/C15H15N3O2/c1-2-5-12-11(4-1)16-15(17-12)18-7-9-20-14(10-18)13-6-3-8-19-13/h1-6,8,14H,7,9-10H2,(H,16,17). The zero-order valence-corrected chi connectivity index (χ0v) is 11.0. The number of imidazole rings is 1. The van der Waals surface area contributed by atoms with E-state index in [4.69, 9.17) is 9.15 Å². The summed E-state index contributed by atoms with van der Waals surface area (Å²) in [6, 6.07) is 11.9. The van der Waals surface area contributed by atoms with Crippen LogP contribution in [-0.4, -0.2) is 29.7 Å². The molecule has 1 saturated heterocycles. The topological polar surface area (TPSA) is 54.3 Å². The van der Waals surface area contributed by atoms with Crippen molar-refractivity contribution in [1.82, 2.24) is 9.97 Å². The predicted molar refractivity (Wildman–Crippen MR) is 75.7 cm³/mol. The van der Waals surface area contributed by atoms with Crippen LogP contribution in [0.4, 0.5) is 5.95 Å². The number of morpholine rings is 1. The summed E-state index contributed by atoms with van der Waals surface area (Å²) in [6.45, 7) is 2.24. The highest BCUT2D eigenvalue weighted by atomic mass is 16.5. The number of aromatic nitrogens is 2. The molecule has 5 nitrogen and oxygen atoms in total. The van der Waals surface area contributed by atoms with Crippen LogP contribution in [0.25, 0.3) is 11.0 Å². The molecule has 1 aliphatic heterocycles. The minimum Gasteiger partial charge on any atom is -0.467 e. The van der Waals surface area contributed by atoms with Crippen molar-refractivity contribution >= 4 is 17.0 Å². The Morgan fingerprint density at radius 1 is 1.20 bits per heavy atom. The number of anilines is 1. The van der Waals surface area contributed by atoms with Gasteiger partial charge in [0, 0.05) is 6.54 Å². The zero-order chi connectivity index (χ0) is 13.4. The van der Waals surface area contributed by atoms with Crippen LogP contribution >= 0.6 is 0 Å². The summed E-state index contributed by atoms with van der Waals surface area (Å²) in [5.74, 6) is 1.76. The van der Waals surface area contributed by atoms with E-state index in [-0.39, 0.29) is 6.10 Å². The summed E-state index contributed by atoms with van der Waals surface area (Å²) in [4.78, 5) is 10.2. The number of ether oxygens (including phenoxy) is 1. The minimum atomic E-state index is -0.0352. The third kappa shape index (κ3) is 1.96. The Bertz CT molecular complexity index is 672. The fourth-order valence-electron chi connectivity index (χ4n) is 2.58. The minimum absolute atomic E-state index is 0.0352. The number of hydrogen-bond donors (Lipinski definition) is 1. The second-order valence-corrected chi connectivity index (χ2v) is 4.90. The Hall–Kier alpha value is -2.27. The highest BCUT2D eigenvalue weighted by Gasteiger charge is 2.25. The molecular formula is C15H15N3O2. The molecule has 1 aliphatic rings. The Morgan fingerprint density at radius 2 is 2.15 bits per heavy atom. The highest BCUT2D eigenvalue weighted by Crippen LogP contribution is 2.26. The molecule has 0 radical (unpaired) electrons. The molecule has 3 aromatic rings. The number of rotatable bonds is 2. The van der Waals surface area contributed by atoms with Gasteiger partial charge in [-0.2, -0.15) is 0 Å². The molecule has 1 aromatic carbocycles. The van der Waals surface area contributed by atoms with Crippen LogP contribution < -0.4 is 4.90 Å². The van der Waals surface area contributed by atoms with E-state index in [0.29, 0.717) is 6.61 Å². The monoisotopic (exact) mass is 269 g/mol. The molecule has 2 aromatic heterocycles. The highest BCUT2D eigenvalue weighted by molar-refractivity contribution is 5.77. The molecule has 102 valence electrons. The van der Waals surface area contributed by atoms with Crippen LogP contribution in [0.1, 0.15) is 11.9 Å². The van der Waals surface area contributed by atoms with Crippen molar-refractivity contribution in [1.29, 1.82) is 0 Å². The van der Waals surface area contributed by atoms with Gasteiger partial charge in [0.2, 0.25) is 5.95 Å². The third-order valence-electron chi connectivity index (χ3n) is 3.60. The van der Waals surface area contributed by atoms with Crippen molar-refractivity contribution in [3.63, 3.8) is 0 Å². The summed E-state index contributed by atoms with van der Waals surface area (Å²) in [5, 5.41) is 0. The van der Waals surface area contributed by atoms with Crippen LogP contribution in [0.2, 0.25) is 0 Å². The van der Waals surface area contributed by atoms with Gasteiger partial charge in [-0.3, -0.25) is 0 Å². The largest absolute Gasteiger partial charge is 0.467 e. The van der Waals surface area contributed by atoms with Crippen molar-refractivity contribution < 1.29 is 9.15 Å². The normalized spacial score (nSPS) is 19.6. The van der Waals surface area contributed by atoms with Crippen molar-refractivity contribution in [3.05, 3.63) is 48.4 Å². The van der Waals surface area contributed by atoms with E-state index < -0.39 is 0 Å². The average Bonchev–Trinajstić information content (AvgIpc) is 3.16. The first-order chi connectivity index (χ1) is 9.90. The number of nitrogens with one attached hydrogen (secondary N) is 1. The lowest BCUT2D eigenvalue weighted by Gasteiger charge is -2.31. The smallest absolute Gasteiger partial charge is 0.204 e. The number of H-pyrrole nitrogens is 1. The second-order valence-electron chi connectivity index (χ2n) is 4.90. The van der Waals surface area contributed by atoms with E-state index in [9.17, 15) is 0 Å². The Morgan fingerprint density at radius 3 is 3.00 bits per heavy atom. The van der Waals surface area contributed by atoms with E-state index in [1.807, 2.05) is 36.4 Å². The van der Waals surface area contributed by atoms with Gasteiger partial charge in [0.1, 0.15) is 11.9 Å². The Labute approximate surface area is 116 Å². The van der Waals surface area contributed by atoms with E-state index in [1.165, 1.54) is 0 Å². The number of hydrogen-bond acceptors (Lipinski definition) is 4. The molecule has 0 amide bonds. The quantitative estimate of drug-likeness (QED) is 0.777. The van der Waals surface area contributed by atoms with Gasteiger partial charge in [0.15, 0.2) is 0 Å². The molecule has 1 N–H and O–H groups in total. The van der Waals surface area contributed by atoms with Crippen LogP contribution in [0.15, 0.2) is 47.1 Å². The van der Waals surface area contributed by atoms with Gasteiger partial charge in [-0.25, -0.2) is 4.98 Å². The van der Waals surface area contributed by atoms with Gasteiger partial charge < -0.3 is 19.0 Å². The van der Waals surface area contributed by atoms with Gasteiger partial charge in [-0.15, -0.1) is 0 Å². The van der Waals surface area contributed by atoms with E-state index in [0.717, 1.165) is 35.8 Å². The Balaban J connectivity index is 1.61. The van der Waals surface area contributed by atoms with Crippen molar-refractivity contribution in [2.24, 2.45) is 0 Å². The molecule has 5 heteroatoms. The van der Waals surface area contributed by atoms with Crippen LogP contribution in [0.5, 0.6) is 0 Å². The predicted octanol–water partition coefficient (Wildman–Crippen LogP) is 2.73. The summed E-state index contributed by atoms with van der Waals surface area (Å²) >= 11 is 0. The molecule has 0 saturated carbocycles. The maximum Gasteiger partial charge on any atom is 0.204 e. The molecule has 4 rings (SSSR count). The van der Waals surface area contributed by atoms with Gasteiger partial charge in [0.05, 0.1) is 30.4 Å². The van der Waals surface area contributed by atoms with Crippen LogP contribution in [0.3, 0.4) is 0 Å². The molecule has 20 heavy (non-hydrogen) atoms. The molecule has 0 spiro atoms. The lowest BCUT2D eigenvalue weighted by atomic mass is 10.2. The first-order valence-electron chi connectivity index (χ1n) is 6.75. The van der Waals surface area contributed by atoms with Crippen LogP contribution in [0, 0.1) is 0 Å². The first-order valence-corrected chi connectivity index (χ1v) is 6.75. The summed E-state index contributed by atoms with van der Waals surface area (Å²) < 4.78 is 11.2. The van der Waals surface area contributed by atoms with E-state index >= 15 is 0 Å². The average molecular weight is 269 g/mol. The number of aromatic amines is 1. The molecule has 1 atom stereocenters. The molecule has 1 fully saturated rings. The fourth-order valence-corrected chi connectivity index (χ4v) is 2.58. The number of nitrogens with zero attached hydrogens (tertiary/aromatic N) is 2. The van der Waals surface area contributed by atoms with Gasteiger partial charge in [0.25, 0.3) is 0 Å². The maximum atomic E-state index is 5.77. The molecular weight excluding hydrogens is 254 g/mol. The SMILES string of the molecule is c1coc(C2CN(c3nc4ccccc4[nH]3)CCO2)c1. The van der Waals surface area contributed by atoms with Gasteiger partial charge >= 0.3 is 0 Å². The van der Waals surface area contributed by atoms with Gasteiger partial charge in [-0.05, 0) is 24.3 Å². The van der Waals surface area contributed by atoms with Crippen molar-refractivity contribution in [2.75, 3.05) is 24.6 Å². The summed E-state index contributed by atoms with van der Waals surface area (Å²) in [6.07, 6.45) is 1.64. The summed E-state index contributed by atoms with van der Waals surface area (Å²) in [7, 11) is 0. The number of furan rings is 1. The summed E-state index contributed by atoms with van der Waals surface area (Å²) in [5.41, 5.74) is 2.05. The maximum absolute atomic E-state index is 5.77. The van der Waals surface area contributed by atoms with E-state index in [2.05, 4.69) is 14.9 Å². The number of fused-ring (bicyclic) bond motifs is 1. The van der Waals surface area contributed by atoms with Crippen molar-refractivity contribution in [3.8, 4) is 0 Å². The first kappa shape index (κ1) is 11.5. The molecule has 1 unspecified atom stereocenters. The Kier molecular flexibility index (Phi) is 2.70. The molecule has 0 bridgehead atoms. The van der Waals surface area contributed by atoms with Crippen molar-refractivity contribution in [2.45, 2.75) is 6.10 Å². The lowest BCUT2D eigenvalue weighted by Crippen LogP contribution is -2.38. The number of benzene rings is 1. The number of para-hydroxylation sites is 2. The fraction of sp³-hybridized carbons (Fsp3) is 0.267. The zero-order valence-electron chi connectivity index (χ0n) is 11.0. The molecule has 0 aliphatic carbocycles. The second kappa shape index (κ2) is 4.68. The van der Waals surface area contributed by atoms with E-state index in [1.54, 1.807) is 6.26 Å². The lowest BCUT2D eigenvalue weighted by molar-refractivity contribution is 0.0253.